The highest BCUT2D eigenvalue weighted by atomic mass is 19.1. The van der Waals surface area contributed by atoms with Crippen molar-refractivity contribution in [3.8, 4) is 23.1 Å². The van der Waals surface area contributed by atoms with Crippen LogP contribution in [0, 0.1) is 11.6 Å². The smallest absolute Gasteiger partial charge is 0.257 e. The van der Waals surface area contributed by atoms with E-state index in [0.29, 0.717) is 24.5 Å². The van der Waals surface area contributed by atoms with Gasteiger partial charge in [-0.25, -0.2) is 13.8 Å². The zero-order valence-electron chi connectivity index (χ0n) is 14.2. The van der Waals surface area contributed by atoms with Gasteiger partial charge in [-0.3, -0.25) is 4.98 Å². The van der Waals surface area contributed by atoms with Crippen LogP contribution in [-0.2, 0) is 4.74 Å². The van der Waals surface area contributed by atoms with Crippen molar-refractivity contribution < 1.29 is 27.7 Å². The summed E-state index contributed by atoms with van der Waals surface area (Å²) in [5, 5.41) is 0. The number of rotatable bonds is 7. The molecule has 0 amide bonds. The Kier molecular flexibility index (Phi) is 5.43. The molecule has 6 nitrogen and oxygen atoms in total. The van der Waals surface area contributed by atoms with Crippen molar-refractivity contribution in [3.63, 3.8) is 0 Å². The number of para-hydroxylation sites is 1. The van der Waals surface area contributed by atoms with E-state index in [0.717, 1.165) is 12.1 Å². The van der Waals surface area contributed by atoms with E-state index in [9.17, 15) is 8.78 Å². The SMILES string of the molecule is COCCOc1cc2nccc(Oc3c(F)cccc3F)c2nc1OC. The van der Waals surface area contributed by atoms with Gasteiger partial charge in [-0.15, -0.1) is 0 Å². The Bertz CT molecular complexity index is 901. The van der Waals surface area contributed by atoms with Crippen molar-refractivity contribution in [2.45, 2.75) is 0 Å². The van der Waals surface area contributed by atoms with E-state index in [1.807, 2.05) is 0 Å². The second kappa shape index (κ2) is 7.92. The minimum absolute atomic E-state index is 0.140. The van der Waals surface area contributed by atoms with Gasteiger partial charge in [-0.05, 0) is 12.1 Å². The van der Waals surface area contributed by atoms with Gasteiger partial charge < -0.3 is 18.9 Å². The van der Waals surface area contributed by atoms with Crippen LogP contribution in [0.2, 0.25) is 0 Å². The molecule has 1 aromatic carbocycles. The van der Waals surface area contributed by atoms with Crippen molar-refractivity contribution in [1.29, 1.82) is 0 Å². The first-order chi connectivity index (χ1) is 12.6. The Hall–Kier alpha value is -3.00. The zero-order valence-corrected chi connectivity index (χ0v) is 14.2. The molecule has 0 unspecified atom stereocenters. The number of ether oxygens (including phenoxy) is 4. The van der Waals surface area contributed by atoms with Gasteiger partial charge in [0.2, 0.25) is 0 Å². The van der Waals surface area contributed by atoms with Gasteiger partial charge >= 0.3 is 0 Å². The highest BCUT2D eigenvalue weighted by Crippen LogP contribution is 2.35. The highest BCUT2D eigenvalue weighted by Gasteiger charge is 2.16. The van der Waals surface area contributed by atoms with Gasteiger partial charge in [-0.2, -0.15) is 0 Å². The average molecular weight is 362 g/mol. The molecule has 0 saturated carbocycles. The van der Waals surface area contributed by atoms with Crippen LogP contribution in [0.15, 0.2) is 36.5 Å². The fourth-order valence-electron chi connectivity index (χ4n) is 2.27. The Labute approximate surface area is 148 Å². The lowest BCUT2D eigenvalue weighted by Crippen LogP contribution is -2.06. The van der Waals surface area contributed by atoms with E-state index < -0.39 is 17.4 Å². The predicted octanol–water partition coefficient (Wildman–Crippen LogP) is 3.73. The van der Waals surface area contributed by atoms with Crippen molar-refractivity contribution in [2.24, 2.45) is 0 Å². The van der Waals surface area contributed by atoms with E-state index in [-0.39, 0.29) is 17.1 Å². The topological polar surface area (TPSA) is 62.7 Å². The van der Waals surface area contributed by atoms with Crippen LogP contribution in [0.4, 0.5) is 8.78 Å². The first-order valence-electron chi connectivity index (χ1n) is 7.71. The molecule has 8 heteroatoms. The molecule has 0 fully saturated rings. The number of benzene rings is 1. The summed E-state index contributed by atoms with van der Waals surface area (Å²) in [5.74, 6) is -1.44. The fraction of sp³-hybridized carbons (Fsp3) is 0.222. The predicted molar refractivity (Wildman–Crippen MR) is 89.9 cm³/mol. The summed E-state index contributed by atoms with van der Waals surface area (Å²) in [4.78, 5) is 8.50. The second-order valence-corrected chi connectivity index (χ2v) is 5.17. The third-order valence-electron chi connectivity index (χ3n) is 3.48. The van der Waals surface area contributed by atoms with Gasteiger partial charge in [0.05, 0.1) is 19.2 Å². The quantitative estimate of drug-likeness (QED) is 0.597. The van der Waals surface area contributed by atoms with E-state index in [2.05, 4.69) is 9.97 Å². The molecule has 0 aliphatic rings. The number of hydrogen-bond acceptors (Lipinski definition) is 6. The van der Waals surface area contributed by atoms with E-state index in [1.165, 1.54) is 25.4 Å². The number of methoxy groups -OCH3 is 2. The monoisotopic (exact) mass is 362 g/mol. The van der Waals surface area contributed by atoms with E-state index in [4.69, 9.17) is 18.9 Å². The molecular weight excluding hydrogens is 346 g/mol. The molecule has 0 saturated heterocycles. The molecule has 2 heterocycles. The lowest BCUT2D eigenvalue weighted by atomic mass is 10.2. The van der Waals surface area contributed by atoms with Crippen molar-refractivity contribution in [2.75, 3.05) is 27.4 Å². The number of halogens is 2. The summed E-state index contributed by atoms with van der Waals surface area (Å²) in [7, 11) is 3.00. The van der Waals surface area contributed by atoms with Crippen LogP contribution in [0.25, 0.3) is 11.0 Å². The minimum atomic E-state index is -0.818. The highest BCUT2D eigenvalue weighted by molar-refractivity contribution is 5.83. The molecule has 0 atom stereocenters. The lowest BCUT2D eigenvalue weighted by Gasteiger charge is -2.13. The van der Waals surface area contributed by atoms with E-state index in [1.54, 1.807) is 13.2 Å². The molecule has 0 aliphatic carbocycles. The third-order valence-corrected chi connectivity index (χ3v) is 3.48. The number of aromatic nitrogens is 2. The number of pyridine rings is 2. The van der Waals surface area contributed by atoms with Gasteiger partial charge in [0, 0.05) is 25.4 Å². The first-order valence-corrected chi connectivity index (χ1v) is 7.71. The van der Waals surface area contributed by atoms with Gasteiger partial charge in [0.15, 0.2) is 28.9 Å². The molecule has 0 spiro atoms. The second-order valence-electron chi connectivity index (χ2n) is 5.17. The summed E-state index contributed by atoms with van der Waals surface area (Å²) in [5.41, 5.74) is 0.707. The molecule has 0 N–H and O–H groups in total. The van der Waals surface area contributed by atoms with Crippen molar-refractivity contribution in [1.82, 2.24) is 9.97 Å². The standard InChI is InChI=1S/C18H16F2N2O4/c1-23-8-9-25-15-10-13-16(22-18(15)24-2)14(6-7-21-13)26-17-11(19)4-3-5-12(17)20/h3-7,10H,8-9H2,1-2H3. The normalized spacial score (nSPS) is 10.8. The lowest BCUT2D eigenvalue weighted by molar-refractivity contribution is 0.144. The first kappa shape index (κ1) is 17.8. The van der Waals surface area contributed by atoms with E-state index >= 15 is 0 Å². The molecule has 0 radical (unpaired) electrons. The third kappa shape index (κ3) is 3.65. The Morgan fingerprint density at radius 1 is 1.00 bits per heavy atom. The summed E-state index contributed by atoms with van der Waals surface area (Å²) in [6.07, 6.45) is 1.45. The molecule has 3 aromatic rings. The molecule has 136 valence electrons. The Morgan fingerprint density at radius 2 is 1.77 bits per heavy atom. The van der Waals surface area contributed by atoms with Crippen molar-refractivity contribution in [3.05, 3.63) is 48.2 Å². The van der Waals surface area contributed by atoms with Gasteiger partial charge in [0.25, 0.3) is 5.88 Å². The van der Waals surface area contributed by atoms with Crippen LogP contribution >= 0.6 is 0 Å². The number of nitrogens with zero attached hydrogens (tertiary/aromatic N) is 2. The Balaban J connectivity index is 2.02. The molecule has 2 aromatic heterocycles. The van der Waals surface area contributed by atoms with Crippen LogP contribution in [0.3, 0.4) is 0 Å². The van der Waals surface area contributed by atoms with Crippen LogP contribution < -0.4 is 14.2 Å². The molecule has 26 heavy (non-hydrogen) atoms. The molecule has 0 aliphatic heterocycles. The maximum atomic E-state index is 13.9. The summed E-state index contributed by atoms with van der Waals surface area (Å²) >= 11 is 0. The maximum Gasteiger partial charge on any atom is 0.257 e. The summed E-state index contributed by atoms with van der Waals surface area (Å²) in [6.45, 7) is 0.695. The van der Waals surface area contributed by atoms with Crippen molar-refractivity contribution >= 4 is 11.0 Å². The largest absolute Gasteiger partial charge is 0.485 e. The molecule has 3 rings (SSSR count). The fourth-order valence-corrected chi connectivity index (χ4v) is 2.27. The average Bonchev–Trinajstić information content (AvgIpc) is 2.64. The van der Waals surface area contributed by atoms with Crippen LogP contribution in [-0.4, -0.2) is 37.4 Å². The number of fused-ring (bicyclic) bond motifs is 1. The van der Waals surface area contributed by atoms with Crippen LogP contribution in [0.1, 0.15) is 0 Å². The Morgan fingerprint density at radius 3 is 2.46 bits per heavy atom. The summed E-state index contributed by atoms with van der Waals surface area (Å²) < 4.78 is 48.9. The van der Waals surface area contributed by atoms with Crippen LogP contribution in [0.5, 0.6) is 23.1 Å². The number of hydrogen-bond donors (Lipinski definition) is 0. The van der Waals surface area contributed by atoms with Gasteiger partial charge in [-0.1, -0.05) is 6.07 Å². The summed E-state index contributed by atoms with van der Waals surface area (Å²) in [6, 6.07) is 6.55. The maximum absolute atomic E-state index is 13.9. The van der Waals surface area contributed by atoms with Gasteiger partial charge in [0.1, 0.15) is 12.1 Å². The zero-order chi connectivity index (χ0) is 18.5. The molecule has 0 bridgehead atoms. The molecular formula is C18H16F2N2O4. The minimum Gasteiger partial charge on any atom is -0.485 e.